The quantitative estimate of drug-likeness (QED) is 0.473. The number of hydrogen-bond acceptors (Lipinski definition) is 5. The van der Waals surface area contributed by atoms with E-state index in [1.807, 2.05) is 24.3 Å². The molecule has 1 aliphatic heterocycles. The van der Waals surface area contributed by atoms with Gasteiger partial charge in [0.2, 0.25) is 0 Å². The van der Waals surface area contributed by atoms with Gasteiger partial charge in [0.1, 0.15) is 5.00 Å². The van der Waals surface area contributed by atoms with Crippen molar-refractivity contribution >= 4 is 38.7 Å². The standard InChI is InChI=1S/C24H32N2O4S2/c1-24(2,3)16-10-8-15(9-11-16)21(27)26-23-20(18-6-4-5-7-19(18)31-23)22(28)25-17-12-13-32(29,30)14-17/h8-11,17,29-30H,4-7,12-14H2,1-3H3,(H,25,28)(H,26,27). The van der Waals surface area contributed by atoms with Gasteiger partial charge in [-0.05, 0) is 60.8 Å². The van der Waals surface area contributed by atoms with E-state index in [1.54, 1.807) is 0 Å². The largest absolute Gasteiger partial charge is 0.348 e. The lowest BCUT2D eigenvalue weighted by molar-refractivity contribution is 0.0941. The summed E-state index contributed by atoms with van der Waals surface area (Å²) in [7, 11) is -2.59. The van der Waals surface area contributed by atoms with E-state index in [0.29, 0.717) is 28.3 Å². The molecule has 8 heteroatoms. The molecule has 2 aromatic rings. The highest BCUT2D eigenvalue weighted by molar-refractivity contribution is 8.24. The number of thiophene rings is 1. The van der Waals surface area contributed by atoms with E-state index in [-0.39, 0.29) is 29.0 Å². The molecule has 4 N–H and O–H groups in total. The van der Waals surface area contributed by atoms with Crippen LogP contribution in [-0.2, 0) is 18.3 Å². The average Bonchev–Trinajstić information content (AvgIpc) is 3.26. The van der Waals surface area contributed by atoms with Crippen LogP contribution in [-0.4, -0.2) is 38.5 Å². The van der Waals surface area contributed by atoms with Gasteiger partial charge in [0.05, 0.1) is 11.3 Å². The summed E-state index contributed by atoms with van der Waals surface area (Å²) in [6, 6.07) is 7.35. The van der Waals surface area contributed by atoms with Gasteiger partial charge in [0.25, 0.3) is 11.8 Å². The normalized spacial score (nSPS) is 21.0. The number of aryl methyl sites for hydroxylation is 1. The van der Waals surface area contributed by atoms with E-state index >= 15 is 0 Å². The van der Waals surface area contributed by atoms with Crippen molar-refractivity contribution in [3.63, 3.8) is 0 Å². The number of anilines is 1. The van der Waals surface area contributed by atoms with Gasteiger partial charge in [-0.15, -0.1) is 11.3 Å². The molecule has 174 valence electrons. The summed E-state index contributed by atoms with van der Waals surface area (Å²) >= 11 is 1.49. The number of hydrogen-bond donors (Lipinski definition) is 4. The van der Waals surface area contributed by atoms with Crippen LogP contribution in [0.3, 0.4) is 0 Å². The molecule has 1 fully saturated rings. The fourth-order valence-electron chi connectivity index (χ4n) is 4.38. The maximum atomic E-state index is 13.2. The van der Waals surface area contributed by atoms with Crippen LogP contribution in [0.2, 0.25) is 0 Å². The van der Waals surface area contributed by atoms with Gasteiger partial charge in [-0.3, -0.25) is 18.7 Å². The Balaban J connectivity index is 1.56. The number of nitrogens with one attached hydrogen (secondary N) is 2. The van der Waals surface area contributed by atoms with Gasteiger partial charge in [-0.1, -0.05) is 32.9 Å². The lowest BCUT2D eigenvalue weighted by Crippen LogP contribution is -2.36. The summed E-state index contributed by atoms with van der Waals surface area (Å²) in [6.07, 6.45) is 4.41. The van der Waals surface area contributed by atoms with Crippen molar-refractivity contribution in [1.82, 2.24) is 5.32 Å². The summed E-state index contributed by atoms with van der Waals surface area (Å²) in [5.41, 5.74) is 3.30. The van der Waals surface area contributed by atoms with Gasteiger partial charge >= 0.3 is 0 Å². The molecule has 1 aromatic carbocycles. The van der Waals surface area contributed by atoms with Crippen LogP contribution < -0.4 is 10.6 Å². The second-order valence-corrected chi connectivity index (χ2v) is 13.3. The van der Waals surface area contributed by atoms with Crippen molar-refractivity contribution in [1.29, 1.82) is 0 Å². The number of fused-ring (bicyclic) bond motifs is 1. The van der Waals surface area contributed by atoms with Crippen molar-refractivity contribution in [2.45, 2.75) is 64.3 Å². The highest BCUT2D eigenvalue weighted by Crippen LogP contribution is 2.46. The summed E-state index contributed by atoms with van der Waals surface area (Å²) in [4.78, 5) is 27.4. The molecule has 32 heavy (non-hydrogen) atoms. The number of carbonyl (C=O) groups is 2. The van der Waals surface area contributed by atoms with Crippen molar-refractivity contribution in [2.24, 2.45) is 0 Å². The number of carbonyl (C=O) groups excluding carboxylic acids is 2. The van der Waals surface area contributed by atoms with Gasteiger partial charge < -0.3 is 10.6 Å². The first-order valence-corrected chi connectivity index (χ1v) is 13.8. The molecule has 2 amide bonds. The number of benzene rings is 1. The van der Waals surface area contributed by atoms with E-state index in [4.69, 9.17) is 0 Å². The summed E-state index contributed by atoms with van der Waals surface area (Å²) < 4.78 is 19.8. The Morgan fingerprint density at radius 1 is 1.06 bits per heavy atom. The molecule has 2 heterocycles. The molecule has 6 nitrogen and oxygen atoms in total. The van der Waals surface area contributed by atoms with E-state index in [2.05, 4.69) is 31.4 Å². The molecule has 1 aromatic heterocycles. The Bertz CT molecular complexity index is 1020. The minimum Gasteiger partial charge on any atom is -0.348 e. The minimum absolute atomic E-state index is 0.00967. The lowest BCUT2D eigenvalue weighted by Gasteiger charge is -2.26. The predicted molar refractivity (Wildman–Crippen MR) is 133 cm³/mol. The number of rotatable bonds is 4. The molecule has 1 atom stereocenters. The zero-order chi connectivity index (χ0) is 23.1. The fraction of sp³-hybridized carbons (Fsp3) is 0.500. The van der Waals surface area contributed by atoms with Crippen LogP contribution in [0.15, 0.2) is 24.3 Å². The molecule has 0 bridgehead atoms. The molecule has 0 saturated carbocycles. The first kappa shape index (κ1) is 23.3. The molecule has 1 aliphatic carbocycles. The van der Waals surface area contributed by atoms with Gasteiger partial charge in [-0.25, -0.2) is 0 Å². The minimum atomic E-state index is -2.59. The molecule has 1 saturated heterocycles. The van der Waals surface area contributed by atoms with Crippen molar-refractivity contribution in [2.75, 3.05) is 16.8 Å². The van der Waals surface area contributed by atoms with Crippen LogP contribution in [0.25, 0.3) is 0 Å². The van der Waals surface area contributed by atoms with Gasteiger partial charge in [0.15, 0.2) is 0 Å². The molecule has 4 rings (SSSR count). The smallest absolute Gasteiger partial charge is 0.256 e. The summed E-state index contributed by atoms with van der Waals surface area (Å²) in [5, 5.41) is 6.56. The first-order chi connectivity index (χ1) is 15.0. The van der Waals surface area contributed by atoms with E-state index in [9.17, 15) is 18.7 Å². The average molecular weight is 477 g/mol. The molecule has 1 unspecified atom stereocenters. The summed E-state index contributed by atoms with van der Waals surface area (Å²) in [5.74, 6) is 0.0683. The fourth-order valence-corrected chi connectivity index (χ4v) is 7.39. The van der Waals surface area contributed by atoms with Crippen molar-refractivity contribution in [3.05, 3.63) is 51.4 Å². The zero-order valence-electron chi connectivity index (χ0n) is 18.9. The lowest BCUT2D eigenvalue weighted by atomic mass is 9.87. The van der Waals surface area contributed by atoms with Crippen LogP contribution in [0.5, 0.6) is 0 Å². The van der Waals surface area contributed by atoms with Crippen LogP contribution in [0, 0.1) is 0 Å². The van der Waals surface area contributed by atoms with Crippen LogP contribution in [0.4, 0.5) is 5.00 Å². The van der Waals surface area contributed by atoms with Gasteiger partial charge in [0, 0.05) is 22.2 Å². The van der Waals surface area contributed by atoms with Crippen molar-refractivity contribution < 1.29 is 18.7 Å². The number of amides is 2. The maximum absolute atomic E-state index is 13.2. The third-order valence-electron chi connectivity index (χ3n) is 6.24. The molecule has 0 spiro atoms. The maximum Gasteiger partial charge on any atom is 0.256 e. The second-order valence-electron chi connectivity index (χ2n) is 9.83. The zero-order valence-corrected chi connectivity index (χ0v) is 20.5. The highest BCUT2D eigenvalue weighted by Gasteiger charge is 2.32. The van der Waals surface area contributed by atoms with Crippen LogP contribution >= 0.6 is 21.9 Å². The Hall–Kier alpha value is -1.87. The Morgan fingerprint density at radius 3 is 2.38 bits per heavy atom. The monoisotopic (exact) mass is 476 g/mol. The van der Waals surface area contributed by atoms with E-state index in [1.165, 1.54) is 11.3 Å². The first-order valence-electron chi connectivity index (χ1n) is 11.1. The molecular formula is C24H32N2O4S2. The molecule has 0 radical (unpaired) electrons. The Labute approximate surface area is 195 Å². The second kappa shape index (κ2) is 8.82. The third kappa shape index (κ3) is 5.03. The van der Waals surface area contributed by atoms with Crippen molar-refractivity contribution in [3.8, 4) is 0 Å². The van der Waals surface area contributed by atoms with Crippen LogP contribution in [0.1, 0.15) is 76.8 Å². The molecular weight excluding hydrogens is 444 g/mol. The summed E-state index contributed by atoms with van der Waals surface area (Å²) in [6.45, 7) is 6.39. The predicted octanol–water partition coefficient (Wildman–Crippen LogP) is 5.43. The van der Waals surface area contributed by atoms with E-state index in [0.717, 1.165) is 41.7 Å². The van der Waals surface area contributed by atoms with Gasteiger partial charge in [-0.2, -0.15) is 10.6 Å². The molecule has 2 aliphatic rings. The Morgan fingerprint density at radius 2 is 1.75 bits per heavy atom. The highest BCUT2D eigenvalue weighted by atomic mass is 32.3. The topological polar surface area (TPSA) is 98.7 Å². The SMILES string of the molecule is CC(C)(C)c1ccc(C(=O)Nc2sc3c(c2C(=O)NC2CCS(O)(O)C2)CCCC3)cc1. The third-order valence-corrected chi connectivity index (χ3v) is 9.27. The Kier molecular flexibility index (Phi) is 6.42. The van der Waals surface area contributed by atoms with E-state index < -0.39 is 10.6 Å².